The van der Waals surface area contributed by atoms with Gasteiger partial charge in [-0.1, -0.05) is 18.9 Å². The lowest BCUT2D eigenvalue weighted by Crippen LogP contribution is -2.41. The number of hydrogen-bond donors (Lipinski definition) is 3. The van der Waals surface area contributed by atoms with Gasteiger partial charge in [0, 0.05) is 11.6 Å². The fourth-order valence-electron chi connectivity index (χ4n) is 2.44. The molecule has 0 bridgehead atoms. The van der Waals surface area contributed by atoms with Crippen LogP contribution in [-0.2, 0) is 14.8 Å². The summed E-state index contributed by atoms with van der Waals surface area (Å²) in [5, 5.41) is 11.7. The van der Waals surface area contributed by atoms with Gasteiger partial charge < -0.3 is 10.4 Å². The van der Waals surface area contributed by atoms with E-state index in [-0.39, 0.29) is 16.5 Å². The van der Waals surface area contributed by atoms with Crippen molar-refractivity contribution in [1.82, 2.24) is 10.0 Å². The Morgan fingerprint density at radius 3 is 2.50 bits per heavy atom. The van der Waals surface area contributed by atoms with Crippen molar-refractivity contribution in [3.8, 4) is 0 Å². The molecule has 24 heavy (non-hydrogen) atoms. The van der Waals surface area contributed by atoms with Gasteiger partial charge in [0.25, 0.3) is 5.91 Å². The molecular weight excluding hydrogens is 332 g/mol. The van der Waals surface area contributed by atoms with E-state index in [0.717, 1.165) is 25.7 Å². The lowest BCUT2D eigenvalue weighted by Gasteiger charge is -2.14. The number of sulfonamides is 1. The van der Waals surface area contributed by atoms with Crippen LogP contribution < -0.4 is 10.0 Å². The van der Waals surface area contributed by atoms with Crippen LogP contribution in [0.4, 0.5) is 0 Å². The molecule has 0 aliphatic heterocycles. The van der Waals surface area contributed by atoms with Gasteiger partial charge in [-0.2, -0.15) is 0 Å². The quantitative estimate of drug-likeness (QED) is 0.649. The smallest absolute Gasteiger partial charge is 0.326 e. The SMILES string of the molecule is O=C(NC(CC1CC1)C(=O)O)c1cccc(S(=O)(=O)NC2CC2)c1. The number of carbonyl (C=O) groups excluding carboxylic acids is 1. The maximum atomic E-state index is 12.3. The fourth-order valence-corrected chi connectivity index (χ4v) is 3.79. The maximum absolute atomic E-state index is 12.3. The number of benzene rings is 1. The van der Waals surface area contributed by atoms with Gasteiger partial charge in [-0.15, -0.1) is 0 Å². The molecule has 0 saturated heterocycles. The highest BCUT2D eigenvalue weighted by molar-refractivity contribution is 7.89. The molecule has 1 aromatic carbocycles. The first-order valence-electron chi connectivity index (χ1n) is 8.01. The van der Waals surface area contributed by atoms with Crippen LogP contribution in [0.2, 0.25) is 0 Å². The van der Waals surface area contributed by atoms with Gasteiger partial charge in [-0.3, -0.25) is 4.79 Å². The third-order valence-corrected chi connectivity index (χ3v) is 5.69. The van der Waals surface area contributed by atoms with Crippen molar-refractivity contribution >= 4 is 21.9 Å². The summed E-state index contributed by atoms with van der Waals surface area (Å²) in [6.45, 7) is 0. The Labute approximate surface area is 140 Å². The summed E-state index contributed by atoms with van der Waals surface area (Å²) in [6.07, 6.45) is 4.02. The van der Waals surface area contributed by atoms with E-state index in [1.807, 2.05) is 0 Å². The van der Waals surface area contributed by atoms with Gasteiger partial charge in [-0.25, -0.2) is 17.9 Å². The summed E-state index contributed by atoms with van der Waals surface area (Å²) in [5.41, 5.74) is 0.135. The molecule has 3 rings (SSSR count). The van der Waals surface area contributed by atoms with E-state index < -0.39 is 27.9 Å². The third-order valence-electron chi connectivity index (χ3n) is 4.18. The molecule has 0 aromatic heterocycles. The molecule has 0 spiro atoms. The lowest BCUT2D eigenvalue weighted by molar-refractivity contribution is -0.139. The molecule has 130 valence electrons. The molecule has 2 aliphatic rings. The van der Waals surface area contributed by atoms with Crippen molar-refractivity contribution in [1.29, 1.82) is 0 Å². The fraction of sp³-hybridized carbons (Fsp3) is 0.500. The normalized spacial score (nSPS) is 18.8. The van der Waals surface area contributed by atoms with Crippen molar-refractivity contribution in [2.45, 2.75) is 49.1 Å². The third kappa shape index (κ3) is 4.33. The summed E-state index contributed by atoms with van der Waals surface area (Å²) in [6, 6.07) is 4.67. The molecule has 2 aliphatic carbocycles. The number of amides is 1. The number of hydrogen-bond acceptors (Lipinski definition) is 4. The van der Waals surface area contributed by atoms with Crippen LogP contribution >= 0.6 is 0 Å². The molecular formula is C16H20N2O5S. The van der Waals surface area contributed by atoms with Crippen LogP contribution in [0, 0.1) is 5.92 Å². The molecule has 7 nitrogen and oxygen atoms in total. The van der Waals surface area contributed by atoms with E-state index in [1.54, 1.807) is 0 Å². The predicted molar refractivity (Wildman–Crippen MR) is 86.0 cm³/mol. The first kappa shape index (κ1) is 16.9. The van der Waals surface area contributed by atoms with Crippen molar-refractivity contribution in [3.63, 3.8) is 0 Å². The second-order valence-corrected chi connectivity index (χ2v) is 8.18. The van der Waals surface area contributed by atoms with Crippen molar-refractivity contribution < 1.29 is 23.1 Å². The van der Waals surface area contributed by atoms with Gasteiger partial charge in [-0.05, 0) is 43.4 Å². The number of carboxylic acid groups (broad SMARTS) is 1. The Bertz CT molecular complexity index is 753. The monoisotopic (exact) mass is 352 g/mol. The van der Waals surface area contributed by atoms with Crippen LogP contribution in [-0.4, -0.2) is 37.5 Å². The summed E-state index contributed by atoms with van der Waals surface area (Å²) in [5.74, 6) is -1.30. The van der Waals surface area contributed by atoms with Gasteiger partial charge in [0.05, 0.1) is 4.90 Å². The second kappa shape index (κ2) is 6.52. The number of carbonyl (C=O) groups is 2. The van der Waals surface area contributed by atoms with Gasteiger partial charge in [0.1, 0.15) is 6.04 Å². The standard InChI is InChI=1S/C16H20N2O5S/c19-15(17-14(16(20)21)8-10-4-5-10)11-2-1-3-13(9-11)24(22,23)18-12-6-7-12/h1-3,9-10,12,14,18H,4-8H2,(H,17,19)(H,20,21). The molecule has 1 aromatic rings. The molecule has 2 saturated carbocycles. The highest BCUT2D eigenvalue weighted by Gasteiger charge is 2.31. The summed E-state index contributed by atoms with van der Waals surface area (Å²) >= 11 is 0. The van der Waals surface area contributed by atoms with Crippen LogP contribution in [0.5, 0.6) is 0 Å². The minimum Gasteiger partial charge on any atom is -0.480 e. The van der Waals surface area contributed by atoms with Crippen LogP contribution in [0.15, 0.2) is 29.2 Å². The van der Waals surface area contributed by atoms with Crippen molar-refractivity contribution in [2.75, 3.05) is 0 Å². The number of nitrogens with one attached hydrogen (secondary N) is 2. The zero-order chi connectivity index (χ0) is 17.3. The Morgan fingerprint density at radius 1 is 1.21 bits per heavy atom. The zero-order valence-electron chi connectivity index (χ0n) is 13.1. The highest BCUT2D eigenvalue weighted by atomic mass is 32.2. The molecule has 0 heterocycles. The minimum atomic E-state index is -3.65. The molecule has 3 N–H and O–H groups in total. The van der Waals surface area contributed by atoms with E-state index >= 15 is 0 Å². The number of carboxylic acids is 1. The first-order valence-corrected chi connectivity index (χ1v) is 9.49. The van der Waals surface area contributed by atoms with E-state index in [1.165, 1.54) is 24.3 Å². The summed E-state index contributed by atoms with van der Waals surface area (Å²) in [4.78, 5) is 23.6. The minimum absolute atomic E-state index is 0.0103. The van der Waals surface area contributed by atoms with Gasteiger partial charge in [0.15, 0.2) is 0 Å². The Morgan fingerprint density at radius 2 is 1.92 bits per heavy atom. The molecule has 8 heteroatoms. The number of aliphatic carboxylic acids is 1. The summed E-state index contributed by atoms with van der Waals surface area (Å²) in [7, 11) is -3.65. The molecule has 2 fully saturated rings. The summed E-state index contributed by atoms with van der Waals surface area (Å²) < 4.78 is 27.0. The number of rotatable bonds is 8. The maximum Gasteiger partial charge on any atom is 0.326 e. The van der Waals surface area contributed by atoms with E-state index in [0.29, 0.717) is 12.3 Å². The Kier molecular flexibility index (Phi) is 4.60. The van der Waals surface area contributed by atoms with Crippen molar-refractivity contribution in [2.24, 2.45) is 5.92 Å². The molecule has 1 amide bonds. The lowest BCUT2D eigenvalue weighted by atomic mass is 10.1. The van der Waals surface area contributed by atoms with E-state index in [9.17, 15) is 23.1 Å². The largest absolute Gasteiger partial charge is 0.480 e. The van der Waals surface area contributed by atoms with Gasteiger partial charge in [0.2, 0.25) is 10.0 Å². The topological polar surface area (TPSA) is 113 Å². The predicted octanol–water partition coefficient (Wildman–Crippen LogP) is 1.11. The van der Waals surface area contributed by atoms with Gasteiger partial charge >= 0.3 is 5.97 Å². The second-order valence-electron chi connectivity index (χ2n) is 6.47. The molecule has 1 atom stereocenters. The highest BCUT2D eigenvalue weighted by Crippen LogP contribution is 2.33. The van der Waals surface area contributed by atoms with E-state index in [4.69, 9.17) is 0 Å². The average Bonchev–Trinajstić information content (AvgIpc) is 3.43. The molecule has 0 radical (unpaired) electrons. The van der Waals surface area contributed by atoms with Crippen LogP contribution in [0.1, 0.15) is 42.5 Å². The Hall–Kier alpha value is -1.93. The Balaban J connectivity index is 1.72. The van der Waals surface area contributed by atoms with E-state index in [2.05, 4.69) is 10.0 Å². The average molecular weight is 352 g/mol. The zero-order valence-corrected chi connectivity index (χ0v) is 13.9. The van der Waals surface area contributed by atoms with Crippen molar-refractivity contribution in [3.05, 3.63) is 29.8 Å². The molecule has 1 unspecified atom stereocenters. The van der Waals surface area contributed by atoms with Crippen LogP contribution in [0.25, 0.3) is 0 Å². The van der Waals surface area contributed by atoms with Crippen LogP contribution in [0.3, 0.4) is 0 Å². The first-order chi connectivity index (χ1) is 11.3.